The molecule has 21 heavy (non-hydrogen) atoms. The zero-order valence-electron chi connectivity index (χ0n) is 12.0. The van der Waals surface area contributed by atoms with E-state index in [1.165, 1.54) is 16.9 Å². The van der Waals surface area contributed by atoms with E-state index in [9.17, 15) is 4.79 Å². The third-order valence-corrected chi connectivity index (χ3v) is 4.44. The van der Waals surface area contributed by atoms with Crippen LogP contribution in [-0.4, -0.2) is 22.7 Å². The van der Waals surface area contributed by atoms with Crippen molar-refractivity contribution < 1.29 is 9.53 Å². The number of anilines is 1. The second-order valence-corrected chi connectivity index (χ2v) is 6.37. The summed E-state index contributed by atoms with van der Waals surface area (Å²) in [5, 5.41) is 12.4. The Hall–Kier alpha value is -1.95. The van der Waals surface area contributed by atoms with Crippen LogP contribution in [0.4, 0.5) is 5.13 Å². The number of nitrogens with one attached hydrogen (secondary N) is 1. The van der Waals surface area contributed by atoms with Crippen LogP contribution >= 0.6 is 11.3 Å². The van der Waals surface area contributed by atoms with Crippen LogP contribution in [0.3, 0.4) is 0 Å². The van der Waals surface area contributed by atoms with Gasteiger partial charge in [0, 0.05) is 12.3 Å². The molecule has 1 amide bonds. The molecule has 0 radical (unpaired) electrons. The molecule has 0 bridgehead atoms. The summed E-state index contributed by atoms with van der Waals surface area (Å²) in [6.07, 6.45) is 1.25. The summed E-state index contributed by atoms with van der Waals surface area (Å²) < 4.78 is 5.46. The van der Waals surface area contributed by atoms with Gasteiger partial charge < -0.3 is 10.1 Å². The maximum absolute atomic E-state index is 12.1. The van der Waals surface area contributed by atoms with Crippen molar-refractivity contribution in [1.29, 1.82) is 0 Å². The lowest BCUT2D eigenvalue weighted by Gasteiger charge is -2.04. The summed E-state index contributed by atoms with van der Waals surface area (Å²) in [6.45, 7) is 4.84. The van der Waals surface area contributed by atoms with Crippen LogP contribution in [0.15, 0.2) is 18.2 Å². The minimum Gasteiger partial charge on any atom is -0.493 e. The van der Waals surface area contributed by atoms with Crippen LogP contribution in [0, 0.1) is 0 Å². The molecular weight excluding hydrogens is 286 g/mol. The van der Waals surface area contributed by atoms with E-state index >= 15 is 0 Å². The van der Waals surface area contributed by atoms with Gasteiger partial charge in [-0.1, -0.05) is 37.3 Å². The fourth-order valence-corrected chi connectivity index (χ4v) is 2.98. The Kier molecular flexibility index (Phi) is 3.88. The average Bonchev–Trinajstić information content (AvgIpc) is 3.06. The topological polar surface area (TPSA) is 64.1 Å². The molecule has 1 aliphatic heterocycles. The van der Waals surface area contributed by atoms with Crippen molar-refractivity contribution in [1.82, 2.24) is 10.2 Å². The molecule has 1 aromatic carbocycles. The number of carbonyl (C=O) groups is 1. The highest BCUT2D eigenvalue weighted by atomic mass is 32.1. The van der Waals surface area contributed by atoms with Crippen LogP contribution in [0.25, 0.3) is 0 Å². The van der Waals surface area contributed by atoms with E-state index in [2.05, 4.69) is 29.4 Å². The van der Waals surface area contributed by atoms with Crippen LogP contribution < -0.4 is 10.1 Å². The number of ether oxygens (including phenoxy) is 1. The van der Waals surface area contributed by atoms with E-state index < -0.39 is 0 Å². The third kappa shape index (κ3) is 3.21. The van der Waals surface area contributed by atoms with Crippen molar-refractivity contribution in [2.24, 2.45) is 0 Å². The Morgan fingerprint density at radius 2 is 2.29 bits per heavy atom. The molecule has 0 fully saturated rings. The number of carbonyl (C=O) groups excluding carboxylic acids is 1. The minimum atomic E-state index is -0.0691. The molecule has 5 nitrogen and oxygen atoms in total. The Labute approximate surface area is 127 Å². The lowest BCUT2D eigenvalue weighted by Crippen LogP contribution is -2.14. The zero-order valence-corrected chi connectivity index (χ0v) is 12.9. The first-order valence-electron chi connectivity index (χ1n) is 6.99. The Morgan fingerprint density at radius 3 is 3.05 bits per heavy atom. The van der Waals surface area contributed by atoms with Crippen LogP contribution in [0.5, 0.6) is 5.75 Å². The molecule has 1 N–H and O–H groups in total. The van der Waals surface area contributed by atoms with Crippen LogP contribution in [-0.2, 0) is 17.6 Å². The van der Waals surface area contributed by atoms with E-state index in [1.807, 2.05) is 18.2 Å². The molecule has 0 saturated carbocycles. The van der Waals surface area contributed by atoms with Gasteiger partial charge >= 0.3 is 0 Å². The molecule has 3 rings (SSSR count). The fourth-order valence-electron chi connectivity index (χ4n) is 2.22. The number of hydrogen-bond donors (Lipinski definition) is 1. The molecule has 0 spiro atoms. The largest absolute Gasteiger partial charge is 0.493 e. The lowest BCUT2D eigenvalue weighted by molar-refractivity contribution is -0.115. The minimum absolute atomic E-state index is 0.0691. The molecule has 2 heterocycles. The molecule has 0 unspecified atom stereocenters. The second kappa shape index (κ2) is 5.81. The predicted octanol–water partition coefficient (Wildman–Crippen LogP) is 2.78. The molecule has 1 aliphatic rings. The Morgan fingerprint density at radius 1 is 1.43 bits per heavy atom. The molecule has 0 saturated heterocycles. The summed E-state index contributed by atoms with van der Waals surface area (Å²) in [7, 11) is 0. The van der Waals surface area contributed by atoms with Gasteiger partial charge in [0.15, 0.2) is 0 Å². The molecular formula is C15H17N3O2S. The molecule has 110 valence electrons. The predicted molar refractivity (Wildman–Crippen MR) is 82.0 cm³/mol. The van der Waals surface area contributed by atoms with Crippen molar-refractivity contribution in [3.05, 3.63) is 34.3 Å². The quantitative estimate of drug-likeness (QED) is 0.943. The first-order chi connectivity index (χ1) is 10.1. The summed E-state index contributed by atoms with van der Waals surface area (Å²) in [5.74, 6) is 1.19. The standard InChI is InChI=1S/C15H17N3O2S/c1-9(2)14-17-18-15(21-14)16-13(19)8-10-3-4-12-11(7-10)5-6-20-12/h3-4,7,9H,5-6,8H2,1-2H3,(H,16,18,19). The van der Waals surface area contributed by atoms with Crippen molar-refractivity contribution >= 4 is 22.4 Å². The molecule has 1 aromatic heterocycles. The van der Waals surface area contributed by atoms with Crippen LogP contribution in [0.2, 0.25) is 0 Å². The SMILES string of the molecule is CC(C)c1nnc(NC(=O)Cc2ccc3c(c2)CCO3)s1. The van der Waals surface area contributed by atoms with E-state index in [-0.39, 0.29) is 5.91 Å². The van der Waals surface area contributed by atoms with E-state index in [0.29, 0.717) is 17.5 Å². The highest BCUT2D eigenvalue weighted by Gasteiger charge is 2.14. The first-order valence-corrected chi connectivity index (χ1v) is 7.81. The average molecular weight is 303 g/mol. The maximum atomic E-state index is 12.1. The highest BCUT2D eigenvalue weighted by Crippen LogP contribution is 2.26. The number of benzene rings is 1. The number of nitrogens with zero attached hydrogens (tertiary/aromatic N) is 2. The Bertz CT molecular complexity index is 667. The van der Waals surface area contributed by atoms with Gasteiger partial charge in [-0.05, 0) is 17.2 Å². The van der Waals surface area contributed by atoms with Crippen molar-refractivity contribution in [2.45, 2.75) is 32.6 Å². The van der Waals surface area contributed by atoms with Gasteiger partial charge in [0.05, 0.1) is 13.0 Å². The van der Waals surface area contributed by atoms with Crippen molar-refractivity contribution in [3.8, 4) is 5.75 Å². The summed E-state index contributed by atoms with van der Waals surface area (Å²) in [4.78, 5) is 12.1. The lowest BCUT2D eigenvalue weighted by atomic mass is 10.1. The van der Waals surface area contributed by atoms with Gasteiger partial charge in [-0.3, -0.25) is 4.79 Å². The number of amides is 1. The highest BCUT2D eigenvalue weighted by molar-refractivity contribution is 7.15. The third-order valence-electron chi connectivity index (χ3n) is 3.30. The van der Waals surface area contributed by atoms with Crippen molar-refractivity contribution in [3.63, 3.8) is 0 Å². The summed E-state index contributed by atoms with van der Waals surface area (Å²) >= 11 is 1.43. The number of aromatic nitrogens is 2. The molecule has 6 heteroatoms. The summed E-state index contributed by atoms with van der Waals surface area (Å²) in [5.41, 5.74) is 2.17. The fraction of sp³-hybridized carbons (Fsp3) is 0.400. The van der Waals surface area contributed by atoms with Gasteiger partial charge in [-0.2, -0.15) is 0 Å². The molecule has 0 aliphatic carbocycles. The number of rotatable bonds is 4. The number of fused-ring (bicyclic) bond motifs is 1. The first kappa shape index (κ1) is 14.0. The smallest absolute Gasteiger partial charge is 0.230 e. The van der Waals surface area contributed by atoms with E-state index in [0.717, 1.165) is 29.3 Å². The maximum Gasteiger partial charge on any atom is 0.230 e. The normalized spacial score (nSPS) is 13.1. The van der Waals surface area contributed by atoms with Gasteiger partial charge in [0.1, 0.15) is 10.8 Å². The zero-order chi connectivity index (χ0) is 14.8. The van der Waals surface area contributed by atoms with Gasteiger partial charge in [0.25, 0.3) is 0 Å². The van der Waals surface area contributed by atoms with Crippen LogP contribution in [0.1, 0.15) is 35.9 Å². The van der Waals surface area contributed by atoms with Gasteiger partial charge in [-0.15, -0.1) is 10.2 Å². The summed E-state index contributed by atoms with van der Waals surface area (Å²) in [6, 6.07) is 5.91. The van der Waals surface area contributed by atoms with Gasteiger partial charge in [0.2, 0.25) is 11.0 Å². The second-order valence-electron chi connectivity index (χ2n) is 5.37. The van der Waals surface area contributed by atoms with E-state index in [4.69, 9.17) is 4.74 Å². The van der Waals surface area contributed by atoms with E-state index in [1.54, 1.807) is 0 Å². The van der Waals surface area contributed by atoms with Crippen molar-refractivity contribution in [2.75, 3.05) is 11.9 Å². The molecule has 2 aromatic rings. The Balaban J connectivity index is 1.63. The number of hydrogen-bond acceptors (Lipinski definition) is 5. The monoisotopic (exact) mass is 303 g/mol. The molecule has 0 atom stereocenters. The van der Waals surface area contributed by atoms with Gasteiger partial charge in [-0.25, -0.2) is 0 Å².